The van der Waals surface area contributed by atoms with Gasteiger partial charge in [-0.05, 0) is 43.4 Å². The summed E-state index contributed by atoms with van der Waals surface area (Å²) < 4.78 is 0. The minimum absolute atomic E-state index is 0.746. The van der Waals surface area contributed by atoms with E-state index in [0.29, 0.717) is 0 Å². The average molecular weight is 295 g/mol. The smallest absolute Gasteiger partial charge is 0.0269 e. The minimum Gasteiger partial charge on any atom is -0.0654 e. The molecule has 0 aromatic carbocycles. The summed E-state index contributed by atoms with van der Waals surface area (Å²) in [4.78, 5) is 0. The summed E-state index contributed by atoms with van der Waals surface area (Å²) >= 11 is 0. The van der Waals surface area contributed by atoms with Crippen LogP contribution in [0.5, 0.6) is 0 Å². The molecule has 0 aromatic rings. The molecule has 0 aromatic heterocycles. The van der Waals surface area contributed by atoms with Crippen LogP contribution in [0.15, 0.2) is 0 Å². The third-order valence-electron chi connectivity index (χ3n) is 6.06. The van der Waals surface area contributed by atoms with Gasteiger partial charge in [-0.3, -0.25) is 0 Å². The van der Waals surface area contributed by atoms with Crippen molar-refractivity contribution >= 4 is 0 Å². The van der Waals surface area contributed by atoms with Crippen LogP contribution in [-0.4, -0.2) is 0 Å². The van der Waals surface area contributed by atoms with Crippen LogP contribution < -0.4 is 0 Å². The van der Waals surface area contributed by atoms with Crippen LogP contribution in [0.25, 0.3) is 0 Å². The van der Waals surface area contributed by atoms with Crippen molar-refractivity contribution in [2.24, 2.45) is 11.3 Å². The Morgan fingerprint density at radius 1 is 0.714 bits per heavy atom. The van der Waals surface area contributed by atoms with E-state index in [-0.39, 0.29) is 0 Å². The summed E-state index contributed by atoms with van der Waals surface area (Å²) in [5.41, 5.74) is 0.746. The fraction of sp³-hybridized carbons (Fsp3) is 1.00. The van der Waals surface area contributed by atoms with E-state index in [1.54, 1.807) is 25.7 Å². The zero-order chi connectivity index (χ0) is 15.4. The lowest BCUT2D eigenvalue weighted by molar-refractivity contribution is 0.0570. The maximum Gasteiger partial charge on any atom is -0.0269 e. The van der Waals surface area contributed by atoms with Crippen molar-refractivity contribution in [3.63, 3.8) is 0 Å². The standard InChI is InChI=1S/C21H42/c1-4-7-10-15-20-16-11-14-19-21(20,17-12-8-5-2)18-13-9-6-3/h20H,4-19H2,1-3H3. The maximum atomic E-state index is 2.35. The highest BCUT2D eigenvalue weighted by atomic mass is 14.4. The van der Waals surface area contributed by atoms with Crippen molar-refractivity contribution in [2.75, 3.05) is 0 Å². The van der Waals surface area contributed by atoms with E-state index >= 15 is 0 Å². The quantitative estimate of drug-likeness (QED) is 0.321. The molecule has 0 heteroatoms. The van der Waals surface area contributed by atoms with Gasteiger partial charge in [0.2, 0.25) is 0 Å². The van der Waals surface area contributed by atoms with E-state index in [4.69, 9.17) is 0 Å². The molecular weight excluding hydrogens is 252 g/mol. The third kappa shape index (κ3) is 6.74. The molecule has 0 amide bonds. The van der Waals surface area contributed by atoms with Gasteiger partial charge in [0, 0.05) is 0 Å². The van der Waals surface area contributed by atoms with Crippen LogP contribution in [0, 0.1) is 11.3 Å². The number of unbranched alkanes of at least 4 members (excludes halogenated alkanes) is 6. The van der Waals surface area contributed by atoms with Crippen LogP contribution in [-0.2, 0) is 0 Å². The molecule has 0 heterocycles. The number of hydrogen-bond donors (Lipinski definition) is 0. The Hall–Kier alpha value is 0. The van der Waals surface area contributed by atoms with E-state index in [1.165, 1.54) is 77.0 Å². The second kappa shape index (κ2) is 11.6. The SMILES string of the molecule is CCCCCC1CCCCC1(CCCCC)CCCCC. The summed E-state index contributed by atoms with van der Waals surface area (Å²) in [6.07, 6.45) is 23.7. The Morgan fingerprint density at radius 3 is 1.86 bits per heavy atom. The van der Waals surface area contributed by atoms with Gasteiger partial charge >= 0.3 is 0 Å². The Bertz CT molecular complexity index is 220. The molecule has 1 saturated carbocycles. The molecule has 0 radical (unpaired) electrons. The van der Waals surface area contributed by atoms with Gasteiger partial charge in [0.05, 0.1) is 0 Å². The van der Waals surface area contributed by atoms with E-state index in [9.17, 15) is 0 Å². The highest BCUT2D eigenvalue weighted by Gasteiger charge is 2.38. The predicted molar refractivity (Wildman–Crippen MR) is 96.8 cm³/mol. The van der Waals surface area contributed by atoms with Crippen LogP contribution in [0.2, 0.25) is 0 Å². The van der Waals surface area contributed by atoms with Gasteiger partial charge in [-0.2, -0.15) is 0 Å². The van der Waals surface area contributed by atoms with E-state index in [1.807, 2.05) is 0 Å². The van der Waals surface area contributed by atoms with Crippen LogP contribution in [0.1, 0.15) is 124 Å². The molecule has 1 aliphatic rings. The molecule has 1 atom stereocenters. The highest BCUT2D eigenvalue weighted by molar-refractivity contribution is 4.89. The Kier molecular flexibility index (Phi) is 10.5. The molecule has 1 unspecified atom stereocenters. The molecule has 0 spiro atoms. The summed E-state index contributed by atoms with van der Waals surface area (Å²) in [6, 6.07) is 0. The first kappa shape index (κ1) is 19.0. The van der Waals surface area contributed by atoms with Gasteiger partial charge in [-0.25, -0.2) is 0 Å². The molecule has 0 saturated heterocycles. The molecule has 1 rings (SSSR count). The first-order chi connectivity index (χ1) is 10.3. The van der Waals surface area contributed by atoms with Crippen LogP contribution in [0.3, 0.4) is 0 Å². The van der Waals surface area contributed by atoms with Crippen LogP contribution in [0.4, 0.5) is 0 Å². The Labute approximate surface area is 135 Å². The summed E-state index contributed by atoms with van der Waals surface area (Å²) in [7, 11) is 0. The molecule has 0 N–H and O–H groups in total. The fourth-order valence-electron chi connectivity index (χ4n) is 4.71. The largest absolute Gasteiger partial charge is 0.0654 e. The number of hydrogen-bond acceptors (Lipinski definition) is 0. The molecule has 0 bridgehead atoms. The fourth-order valence-corrected chi connectivity index (χ4v) is 4.71. The van der Waals surface area contributed by atoms with E-state index in [2.05, 4.69) is 20.8 Å². The van der Waals surface area contributed by atoms with Crippen molar-refractivity contribution in [1.29, 1.82) is 0 Å². The van der Waals surface area contributed by atoms with Gasteiger partial charge in [0.25, 0.3) is 0 Å². The predicted octanol–water partition coefficient (Wildman–Crippen LogP) is 7.90. The lowest BCUT2D eigenvalue weighted by Crippen LogP contribution is -2.34. The summed E-state index contributed by atoms with van der Waals surface area (Å²) in [5.74, 6) is 1.06. The van der Waals surface area contributed by atoms with Gasteiger partial charge < -0.3 is 0 Å². The molecule has 1 fully saturated rings. The van der Waals surface area contributed by atoms with Crippen molar-refractivity contribution in [2.45, 2.75) is 124 Å². The zero-order valence-corrected chi connectivity index (χ0v) is 15.4. The van der Waals surface area contributed by atoms with Crippen molar-refractivity contribution in [1.82, 2.24) is 0 Å². The number of rotatable bonds is 12. The molecule has 21 heavy (non-hydrogen) atoms. The maximum absolute atomic E-state index is 2.35. The lowest BCUT2D eigenvalue weighted by Gasteiger charge is -2.45. The highest BCUT2D eigenvalue weighted by Crippen LogP contribution is 2.50. The second-order valence-electron chi connectivity index (χ2n) is 7.72. The normalized spacial score (nSPS) is 21.6. The topological polar surface area (TPSA) is 0 Å². The van der Waals surface area contributed by atoms with E-state index < -0.39 is 0 Å². The zero-order valence-electron chi connectivity index (χ0n) is 15.4. The van der Waals surface area contributed by atoms with Crippen LogP contribution >= 0.6 is 0 Å². The first-order valence-electron chi connectivity index (χ1n) is 10.3. The lowest BCUT2D eigenvalue weighted by atomic mass is 9.60. The monoisotopic (exact) mass is 294 g/mol. The Morgan fingerprint density at radius 2 is 1.29 bits per heavy atom. The van der Waals surface area contributed by atoms with Crippen molar-refractivity contribution in [3.05, 3.63) is 0 Å². The molecular formula is C21H42. The second-order valence-corrected chi connectivity index (χ2v) is 7.72. The molecule has 0 aliphatic heterocycles. The minimum atomic E-state index is 0.746. The van der Waals surface area contributed by atoms with Gasteiger partial charge in [-0.15, -0.1) is 0 Å². The van der Waals surface area contributed by atoms with Gasteiger partial charge in [-0.1, -0.05) is 91.4 Å². The van der Waals surface area contributed by atoms with Gasteiger partial charge in [0.15, 0.2) is 0 Å². The average Bonchev–Trinajstić information content (AvgIpc) is 2.50. The summed E-state index contributed by atoms with van der Waals surface area (Å²) in [5, 5.41) is 0. The van der Waals surface area contributed by atoms with Crippen molar-refractivity contribution in [3.8, 4) is 0 Å². The van der Waals surface area contributed by atoms with Gasteiger partial charge in [0.1, 0.15) is 0 Å². The van der Waals surface area contributed by atoms with Crippen molar-refractivity contribution < 1.29 is 0 Å². The molecule has 1 aliphatic carbocycles. The summed E-state index contributed by atoms with van der Waals surface area (Å²) in [6.45, 7) is 7.04. The third-order valence-corrected chi connectivity index (χ3v) is 6.06. The first-order valence-corrected chi connectivity index (χ1v) is 10.3. The van der Waals surface area contributed by atoms with E-state index in [0.717, 1.165) is 11.3 Å². The Balaban J connectivity index is 2.61. The molecule has 126 valence electrons. The molecule has 0 nitrogen and oxygen atoms in total.